The summed E-state index contributed by atoms with van der Waals surface area (Å²) >= 11 is 0. The van der Waals surface area contributed by atoms with Gasteiger partial charge in [-0.25, -0.2) is 9.03 Å². The van der Waals surface area contributed by atoms with Crippen LogP contribution in [0.3, 0.4) is 0 Å². The van der Waals surface area contributed by atoms with Crippen LogP contribution < -0.4 is 19.9 Å². The number of benzene rings is 1. The molecule has 0 aliphatic carbocycles. The lowest BCUT2D eigenvalue weighted by Crippen LogP contribution is -2.29. The zero-order valence-electron chi connectivity index (χ0n) is 15.7. The van der Waals surface area contributed by atoms with Gasteiger partial charge in [-0.05, 0) is 26.0 Å². The molecule has 1 fully saturated rings. The van der Waals surface area contributed by atoms with Crippen LogP contribution in [0, 0.1) is 0 Å². The van der Waals surface area contributed by atoms with Crippen LogP contribution in [-0.4, -0.2) is 49.8 Å². The average Bonchev–Trinajstić information content (AvgIpc) is 2.88. The van der Waals surface area contributed by atoms with E-state index in [9.17, 15) is 23.1 Å². The number of carbonyl (C=O) groups is 1. The molecule has 2 aromatic rings. The van der Waals surface area contributed by atoms with Gasteiger partial charge in [0.15, 0.2) is 0 Å². The second-order valence-corrected chi connectivity index (χ2v) is 8.30. The number of carbonyl (C=O) groups excluding carboxylic acids is 1. The fourth-order valence-electron chi connectivity index (χ4n) is 2.96. The largest absolute Gasteiger partial charge is 0.506 e. The fourth-order valence-corrected chi connectivity index (χ4v) is 4.12. The lowest BCUT2D eigenvalue weighted by atomic mass is 10.1. The zero-order valence-corrected chi connectivity index (χ0v) is 16.5. The third-order valence-electron chi connectivity index (χ3n) is 4.28. The van der Waals surface area contributed by atoms with Crippen LogP contribution in [0.2, 0.25) is 0 Å². The van der Waals surface area contributed by atoms with Gasteiger partial charge < -0.3 is 19.7 Å². The van der Waals surface area contributed by atoms with Gasteiger partial charge in [-0.1, -0.05) is 0 Å². The summed E-state index contributed by atoms with van der Waals surface area (Å²) in [5.74, 6) is -1.04. The van der Waals surface area contributed by atoms with Gasteiger partial charge in [0.05, 0.1) is 23.9 Å². The first kappa shape index (κ1) is 20.0. The van der Waals surface area contributed by atoms with Crippen molar-refractivity contribution < 1.29 is 23.1 Å². The number of nitrogens with one attached hydrogen (secondary N) is 2. The van der Waals surface area contributed by atoms with Crippen LogP contribution in [0.4, 0.5) is 11.4 Å². The molecular formula is C17H22N4O6S. The van der Waals surface area contributed by atoms with Gasteiger partial charge in [-0.3, -0.25) is 9.59 Å². The van der Waals surface area contributed by atoms with Crippen molar-refractivity contribution in [1.82, 2.24) is 9.29 Å². The maximum absolute atomic E-state index is 12.5. The molecule has 0 spiro atoms. The Labute approximate surface area is 161 Å². The lowest BCUT2D eigenvalue weighted by molar-refractivity contribution is -0.117. The molecule has 3 N–H and O–H groups in total. The molecule has 10 nitrogen and oxygen atoms in total. The van der Waals surface area contributed by atoms with Crippen LogP contribution in [0.25, 0.3) is 10.9 Å². The number of phenolic OH excluding ortho intramolecular Hbond substituents is 1. The number of rotatable bonds is 6. The fraction of sp³-hybridized carbons (Fsp3) is 0.412. The van der Waals surface area contributed by atoms with Crippen LogP contribution in [0.15, 0.2) is 23.0 Å². The first-order valence-corrected chi connectivity index (χ1v) is 10.1. The first-order valence-electron chi connectivity index (χ1n) is 8.65. The van der Waals surface area contributed by atoms with Crippen molar-refractivity contribution in [2.24, 2.45) is 7.05 Å². The summed E-state index contributed by atoms with van der Waals surface area (Å²) in [6.45, 7) is 4.23. The van der Waals surface area contributed by atoms with Gasteiger partial charge >= 0.3 is 10.2 Å². The Hall–Kier alpha value is -2.79. The Morgan fingerprint density at radius 2 is 2.00 bits per heavy atom. The highest BCUT2D eigenvalue weighted by Crippen LogP contribution is 2.34. The number of anilines is 2. The van der Waals surface area contributed by atoms with Crippen molar-refractivity contribution in [2.75, 3.05) is 29.3 Å². The predicted molar refractivity (Wildman–Crippen MR) is 105 cm³/mol. The van der Waals surface area contributed by atoms with Crippen LogP contribution in [-0.2, 0) is 26.8 Å². The summed E-state index contributed by atoms with van der Waals surface area (Å²) in [6, 6.07) is 4.31. The van der Waals surface area contributed by atoms with Crippen molar-refractivity contribution in [3.63, 3.8) is 0 Å². The second kappa shape index (κ2) is 7.32. The van der Waals surface area contributed by atoms with E-state index in [1.54, 1.807) is 13.1 Å². The van der Waals surface area contributed by atoms with E-state index >= 15 is 0 Å². The van der Waals surface area contributed by atoms with E-state index in [0.29, 0.717) is 29.7 Å². The highest BCUT2D eigenvalue weighted by Gasteiger charge is 2.35. The van der Waals surface area contributed by atoms with Crippen molar-refractivity contribution >= 4 is 38.4 Å². The molecule has 0 bridgehead atoms. The van der Waals surface area contributed by atoms with E-state index in [1.807, 2.05) is 18.6 Å². The molecule has 28 heavy (non-hydrogen) atoms. The Morgan fingerprint density at radius 1 is 1.29 bits per heavy atom. The average molecular weight is 410 g/mol. The third-order valence-corrected chi connectivity index (χ3v) is 5.67. The Bertz CT molecular complexity index is 1090. The monoisotopic (exact) mass is 410 g/mol. The molecular weight excluding hydrogens is 388 g/mol. The maximum Gasteiger partial charge on any atom is 0.326 e. The van der Waals surface area contributed by atoms with Crippen molar-refractivity contribution in [2.45, 2.75) is 20.0 Å². The van der Waals surface area contributed by atoms with Crippen LogP contribution in [0.1, 0.15) is 13.8 Å². The van der Waals surface area contributed by atoms with Gasteiger partial charge in [-0.2, -0.15) is 8.42 Å². The molecule has 1 amide bonds. The quantitative estimate of drug-likeness (QED) is 0.583. The van der Waals surface area contributed by atoms with E-state index in [4.69, 9.17) is 4.74 Å². The Morgan fingerprint density at radius 3 is 2.61 bits per heavy atom. The molecule has 2 heterocycles. The summed E-state index contributed by atoms with van der Waals surface area (Å²) in [5.41, 5.74) is 0.400. The molecule has 0 unspecified atom stereocenters. The standard InChI is InChI=1S/C17H22N4O6S/c1-10(2)27-5-4-18-12-6-11-7-14(21-9-16(23)19-28(21,25)26)15(22)8-13(11)20(3)17(12)24/h6-8,10,18,22H,4-5,9H2,1-3H3,(H,19,23). The predicted octanol–water partition coefficient (Wildman–Crippen LogP) is 0.262. The zero-order chi connectivity index (χ0) is 20.6. The van der Waals surface area contributed by atoms with E-state index in [2.05, 4.69) is 5.32 Å². The Balaban J connectivity index is 2.01. The SMILES string of the molecule is CC(C)OCCNc1cc2cc(N3CC(=O)NS3(=O)=O)c(O)cc2n(C)c1=O. The number of aryl methyl sites for hydroxylation is 1. The number of hydrogen-bond acceptors (Lipinski definition) is 7. The molecule has 0 radical (unpaired) electrons. The molecule has 1 aromatic carbocycles. The van der Waals surface area contributed by atoms with Crippen molar-refractivity contribution in [3.05, 3.63) is 28.6 Å². The molecule has 3 rings (SSSR count). The van der Waals surface area contributed by atoms with E-state index in [-0.39, 0.29) is 23.1 Å². The van der Waals surface area contributed by atoms with Crippen molar-refractivity contribution in [1.29, 1.82) is 0 Å². The molecule has 1 saturated heterocycles. The highest BCUT2D eigenvalue weighted by atomic mass is 32.2. The molecule has 11 heteroatoms. The molecule has 0 atom stereocenters. The number of phenols is 1. The number of ether oxygens (including phenoxy) is 1. The Kier molecular flexibility index (Phi) is 5.22. The number of fused-ring (bicyclic) bond motifs is 1. The first-order chi connectivity index (χ1) is 13.1. The summed E-state index contributed by atoms with van der Waals surface area (Å²) in [4.78, 5) is 24.0. The summed E-state index contributed by atoms with van der Waals surface area (Å²) in [5, 5.41) is 13.8. The van der Waals surface area contributed by atoms with Gasteiger partial charge in [0.25, 0.3) is 11.5 Å². The number of pyridine rings is 1. The van der Waals surface area contributed by atoms with Gasteiger partial charge in [-0.15, -0.1) is 0 Å². The van der Waals surface area contributed by atoms with Crippen molar-refractivity contribution in [3.8, 4) is 5.75 Å². The highest BCUT2D eigenvalue weighted by molar-refractivity contribution is 7.92. The van der Waals surface area contributed by atoms with Crippen LogP contribution in [0.5, 0.6) is 5.75 Å². The summed E-state index contributed by atoms with van der Waals surface area (Å²) in [7, 11) is -2.51. The molecule has 1 aliphatic heterocycles. The number of nitrogens with zero attached hydrogens (tertiary/aromatic N) is 2. The molecule has 152 valence electrons. The smallest absolute Gasteiger partial charge is 0.326 e. The normalized spacial score (nSPS) is 16.0. The van der Waals surface area contributed by atoms with E-state index < -0.39 is 22.7 Å². The van der Waals surface area contributed by atoms with Gasteiger partial charge in [0.1, 0.15) is 18.0 Å². The number of aromatic nitrogens is 1. The minimum Gasteiger partial charge on any atom is -0.506 e. The summed E-state index contributed by atoms with van der Waals surface area (Å²) in [6.07, 6.45) is 0.0745. The summed E-state index contributed by atoms with van der Waals surface area (Å²) < 4.78 is 33.6. The minimum atomic E-state index is -4.06. The molecule has 1 aliphatic rings. The number of amides is 1. The van der Waals surface area contributed by atoms with E-state index in [0.717, 1.165) is 4.31 Å². The van der Waals surface area contributed by atoms with Crippen LogP contribution >= 0.6 is 0 Å². The second-order valence-electron chi connectivity index (χ2n) is 6.71. The minimum absolute atomic E-state index is 0.0430. The number of hydrogen-bond donors (Lipinski definition) is 3. The molecule has 0 saturated carbocycles. The third kappa shape index (κ3) is 3.76. The number of aromatic hydroxyl groups is 1. The van der Waals surface area contributed by atoms with Gasteiger partial charge in [0.2, 0.25) is 0 Å². The lowest BCUT2D eigenvalue weighted by Gasteiger charge is -2.18. The molecule has 1 aromatic heterocycles. The topological polar surface area (TPSA) is 130 Å². The maximum atomic E-state index is 12.5. The van der Waals surface area contributed by atoms with E-state index in [1.165, 1.54) is 16.7 Å². The van der Waals surface area contributed by atoms with Gasteiger partial charge in [0, 0.05) is 25.0 Å².